The van der Waals surface area contributed by atoms with E-state index in [1.165, 1.54) is 16.0 Å². The number of aliphatic imine (C=N–C) groups is 1. The lowest BCUT2D eigenvalue weighted by atomic mass is 9.99. The van der Waals surface area contributed by atoms with E-state index in [2.05, 4.69) is 94.3 Å². The number of ketones is 1. The van der Waals surface area contributed by atoms with Gasteiger partial charge in [-0.15, -0.1) is 21.5 Å². The number of aryl methyl sites for hydroxylation is 3. The van der Waals surface area contributed by atoms with Crippen LogP contribution in [0.5, 0.6) is 0 Å². The van der Waals surface area contributed by atoms with Crippen LogP contribution in [0.1, 0.15) is 68.8 Å². The van der Waals surface area contributed by atoms with Gasteiger partial charge in [0.05, 0.1) is 12.1 Å². The first kappa shape index (κ1) is 30.4. The second kappa shape index (κ2) is 11.9. The SMILES string of the molecule is Cc1ccc(C2=N[C@@H](CC(=O)NC3CCN(c4ccc(-c5ccc6c(c5)CC(=O)C6)cn4)C3)c3nnc(C)n3-c3sc(C)c(C)c32)cc1. The molecule has 48 heavy (non-hydrogen) atoms. The highest BCUT2D eigenvalue weighted by molar-refractivity contribution is 7.15. The van der Waals surface area contributed by atoms with Gasteiger partial charge in [0.1, 0.15) is 28.5 Å². The Morgan fingerprint density at radius 2 is 1.71 bits per heavy atom. The molecular formula is C38H37N7O2S. The molecule has 9 nitrogen and oxygen atoms in total. The number of fused-ring (bicyclic) bond motifs is 4. The number of rotatable bonds is 6. The fourth-order valence-electron chi connectivity index (χ4n) is 7.16. The Balaban J connectivity index is 0.990. The highest BCUT2D eigenvalue weighted by Crippen LogP contribution is 2.39. The Hall–Kier alpha value is -4.96. The van der Waals surface area contributed by atoms with E-state index in [0.29, 0.717) is 25.2 Å². The summed E-state index contributed by atoms with van der Waals surface area (Å²) in [6.45, 7) is 9.82. The van der Waals surface area contributed by atoms with Crippen LogP contribution in [0.4, 0.5) is 5.82 Å². The summed E-state index contributed by atoms with van der Waals surface area (Å²) in [7, 11) is 0. The maximum atomic E-state index is 13.7. The number of hydrogen-bond acceptors (Lipinski definition) is 8. The molecule has 242 valence electrons. The number of benzene rings is 2. The van der Waals surface area contributed by atoms with Crippen LogP contribution >= 0.6 is 11.3 Å². The number of nitrogens with zero attached hydrogens (tertiary/aromatic N) is 6. The predicted octanol–water partition coefficient (Wildman–Crippen LogP) is 5.97. The van der Waals surface area contributed by atoms with Crippen LogP contribution in [0.15, 0.2) is 65.8 Å². The first-order valence-corrected chi connectivity index (χ1v) is 17.3. The molecule has 1 aliphatic carbocycles. The second-order valence-corrected chi connectivity index (χ2v) is 14.5. The number of carbonyl (C=O) groups excluding carboxylic acids is 2. The van der Waals surface area contributed by atoms with Crippen molar-refractivity contribution in [2.75, 3.05) is 18.0 Å². The Morgan fingerprint density at radius 1 is 0.938 bits per heavy atom. The first-order chi connectivity index (χ1) is 23.2. The lowest BCUT2D eigenvalue weighted by molar-refractivity contribution is -0.122. The molecule has 1 saturated heterocycles. The van der Waals surface area contributed by atoms with Gasteiger partial charge in [-0.25, -0.2) is 4.98 Å². The van der Waals surface area contributed by atoms with Crippen LogP contribution in [0, 0.1) is 27.7 Å². The van der Waals surface area contributed by atoms with Crippen LogP contribution in [-0.2, 0) is 22.4 Å². The third-order valence-corrected chi connectivity index (χ3v) is 11.1. The summed E-state index contributed by atoms with van der Waals surface area (Å²) in [5.41, 5.74) is 9.75. The average molecular weight is 656 g/mol. The van der Waals surface area contributed by atoms with Gasteiger partial charge in [0, 0.05) is 59.7 Å². The number of carbonyl (C=O) groups is 2. The van der Waals surface area contributed by atoms with Crippen molar-refractivity contribution in [3.8, 4) is 16.1 Å². The molecule has 2 aliphatic heterocycles. The summed E-state index contributed by atoms with van der Waals surface area (Å²) in [6, 6.07) is 18.3. The van der Waals surface area contributed by atoms with Crippen molar-refractivity contribution in [2.45, 2.75) is 65.5 Å². The topological polar surface area (TPSA) is 105 Å². The van der Waals surface area contributed by atoms with Crippen molar-refractivity contribution in [3.05, 3.63) is 111 Å². The van der Waals surface area contributed by atoms with Gasteiger partial charge in [0.15, 0.2) is 5.82 Å². The van der Waals surface area contributed by atoms with E-state index in [1.807, 2.05) is 19.2 Å². The van der Waals surface area contributed by atoms with E-state index in [-0.39, 0.29) is 24.2 Å². The van der Waals surface area contributed by atoms with Gasteiger partial charge in [-0.05, 0) is 68.5 Å². The lowest BCUT2D eigenvalue weighted by Crippen LogP contribution is -2.37. The van der Waals surface area contributed by atoms with Gasteiger partial charge in [0.2, 0.25) is 5.91 Å². The van der Waals surface area contributed by atoms with Crippen molar-refractivity contribution in [2.24, 2.45) is 4.99 Å². The Bertz CT molecular complexity index is 2110. The number of thiophene rings is 1. The summed E-state index contributed by atoms with van der Waals surface area (Å²) < 4.78 is 2.09. The number of pyridine rings is 1. The zero-order valence-corrected chi connectivity index (χ0v) is 28.4. The van der Waals surface area contributed by atoms with E-state index in [4.69, 9.17) is 9.98 Å². The van der Waals surface area contributed by atoms with Crippen molar-refractivity contribution >= 4 is 34.6 Å². The molecule has 3 aromatic heterocycles. The molecule has 0 spiro atoms. The number of anilines is 1. The Morgan fingerprint density at radius 3 is 2.50 bits per heavy atom. The van der Waals surface area contributed by atoms with Crippen LogP contribution in [0.3, 0.4) is 0 Å². The van der Waals surface area contributed by atoms with E-state index in [0.717, 1.165) is 68.7 Å². The Labute approximate surface area is 283 Å². The lowest BCUT2D eigenvalue weighted by Gasteiger charge is -2.19. The van der Waals surface area contributed by atoms with E-state index in [9.17, 15) is 9.59 Å². The first-order valence-electron chi connectivity index (χ1n) is 16.5. The summed E-state index contributed by atoms with van der Waals surface area (Å²) in [4.78, 5) is 39.0. The van der Waals surface area contributed by atoms with Crippen LogP contribution in [0.2, 0.25) is 0 Å². The van der Waals surface area contributed by atoms with Crippen LogP contribution < -0.4 is 10.2 Å². The quantitative estimate of drug-likeness (QED) is 0.242. The predicted molar refractivity (Wildman–Crippen MR) is 188 cm³/mol. The van der Waals surface area contributed by atoms with Crippen molar-refractivity contribution in [3.63, 3.8) is 0 Å². The molecule has 5 aromatic rings. The molecule has 0 saturated carbocycles. The van der Waals surface area contributed by atoms with Gasteiger partial charge >= 0.3 is 0 Å². The number of amides is 1. The second-order valence-electron chi connectivity index (χ2n) is 13.2. The molecule has 10 heteroatoms. The van der Waals surface area contributed by atoms with Gasteiger partial charge < -0.3 is 10.2 Å². The number of hydrogen-bond donors (Lipinski definition) is 1. The molecule has 0 radical (unpaired) electrons. The van der Waals surface area contributed by atoms with Gasteiger partial charge in [-0.2, -0.15) is 0 Å². The van der Waals surface area contributed by atoms with Gasteiger partial charge in [-0.3, -0.25) is 19.1 Å². The molecule has 8 rings (SSSR count). The number of Topliss-reactive ketones (excluding diaryl/α,β-unsaturated/α-hetero) is 1. The molecule has 1 amide bonds. The minimum absolute atomic E-state index is 0.00525. The van der Waals surface area contributed by atoms with Crippen LogP contribution in [-0.4, -0.2) is 56.3 Å². The highest BCUT2D eigenvalue weighted by atomic mass is 32.1. The maximum Gasteiger partial charge on any atom is 0.222 e. The monoisotopic (exact) mass is 655 g/mol. The van der Waals surface area contributed by atoms with E-state index < -0.39 is 6.04 Å². The third-order valence-electron chi connectivity index (χ3n) is 9.88. The van der Waals surface area contributed by atoms with Crippen molar-refractivity contribution in [1.82, 2.24) is 25.1 Å². The number of nitrogens with one attached hydrogen (secondary N) is 1. The smallest absolute Gasteiger partial charge is 0.222 e. The maximum absolute atomic E-state index is 13.7. The minimum Gasteiger partial charge on any atom is -0.354 e. The molecule has 1 fully saturated rings. The third kappa shape index (κ3) is 5.43. The fraction of sp³-hybridized carbons (Fsp3) is 0.316. The number of aromatic nitrogens is 4. The molecular weight excluding hydrogens is 619 g/mol. The summed E-state index contributed by atoms with van der Waals surface area (Å²) in [5.74, 6) is 2.60. The zero-order chi connectivity index (χ0) is 33.1. The standard InChI is InChI=1S/C38H37N7O2S/c1-21-5-7-25(8-6-21)36-35-22(2)23(3)48-38(35)45-24(4)42-43-37(45)32(41-36)18-34(47)40-30-13-14-44(20-30)33-12-11-28(19-39-33)26-9-10-27-16-31(46)17-29(27)15-26/h5-12,15,19,30,32H,13-14,16-18,20H2,1-4H3,(H,40,47)/t30?,32-/m0/s1. The molecule has 5 heterocycles. The molecule has 0 bridgehead atoms. The minimum atomic E-state index is -0.481. The van der Waals surface area contributed by atoms with E-state index >= 15 is 0 Å². The Kier molecular flexibility index (Phi) is 7.55. The van der Waals surface area contributed by atoms with Crippen molar-refractivity contribution < 1.29 is 9.59 Å². The van der Waals surface area contributed by atoms with Gasteiger partial charge in [0.25, 0.3) is 0 Å². The molecule has 1 unspecified atom stereocenters. The van der Waals surface area contributed by atoms with Crippen LogP contribution in [0.25, 0.3) is 16.1 Å². The zero-order valence-electron chi connectivity index (χ0n) is 27.6. The largest absolute Gasteiger partial charge is 0.354 e. The average Bonchev–Trinajstić information content (AvgIpc) is 3.84. The highest BCUT2D eigenvalue weighted by Gasteiger charge is 2.33. The normalized spacial score (nSPS) is 18.3. The molecule has 1 N–H and O–H groups in total. The van der Waals surface area contributed by atoms with Crippen molar-refractivity contribution in [1.29, 1.82) is 0 Å². The van der Waals surface area contributed by atoms with E-state index in [1.54, 1.807) is 11.3 Å². The van der Waals surface area contributed by atoms with Gasteiger partial charge in [-0.1, -0.05) is 48.0 Å². The fourth-order valence-corrected chi connectivity index (χ4v) is 8.37. The summed E-state index contributed by atoms with van der Waals surface area (Å²) in [6.07, 6.45) is 3.97. The molecule has 2 aromatic carbocycles. The summed E-state index contributed by atoms with van der Waals surface area (Å²) in [5, 5.41) is 13.3. The molecule has 3 aliphatic rings. The summed E-state index contributed by atoms with van der Waals surface area (Å²) >= 11 is 1.72. The molecule has 2 atom stereocenters.